The molecule has 1 aliphatic heterocycles. The van der Waals surface area contributed by atoms with Gasteiger partial charge in [0.05, 0.1) is 5.41 Å². The van der Waals surface area contributed by atoms with Crippen molar-refractivity contribution in [2.24, 2.45) is 5.41 Å². The van der Waals surface area contributed by atoms with Gasteiger partial charge in [-0.2, -0.15) is 0 Å². The number of hydrogen-bond acceptors (Lipinski definition) is 3. The minimum absolute atomic E-state index is 0.588. The first kappa shape index (κ1) is 12.6. The van der Waals surface area contributed by atoms with Crippen LogP contribution in [0.4, 0.5) is 0 Å². The van der Waals surface area contributed by atoms with E-state index in [2.05, 4.69) is 22.8 Å². The van der Waals surface area contributed by atoms with E-state index in [4.69, 9.17) is 0 Å². The highest BCUT2D eigenvalue weighted by Gasteiger charge is 2.40. The SMILES string of the molecule is O=C(O)C1(Cc2csc3ccccc23)CCNCC1. The van der Waals surface area contributed by atoms with Crippen molar-refractivity contribution < 1.29 is 9.90 Å². The van der Waals surface area contributed by atoms with Crippen LogP contribution in [0.25, 0.3) is 10.1 Å². The molecule has 19 heavy (non-hydrogen) atoms. The fourth-order valence-electron chi connectivity index (χ4n) is 2.91. The number of carboxylic acids is 1. The molecule has 3 rings (SSSR count). The summed E-state index contributed by atoms with van der Waals surface area (Å²) >= 11 is 1.70. The Morgan fingerprint density at radius 3 is 2.79 bits per heavy atom. The van der Waals surface area contributed by atoms with E-state index in [0.29, 0.717) is 19.3 Å². The van der Waals surface area contributed by atoms with Gasteiger partial charge in [-0.05, 0) is 54.7 Å². The Bertz CT molecular complexity index is 599. The van der Waals surface area contributed by atoms with Crippen molar-refractivity contribution in [2.45, 2.75) is 19.3 Å². The predicted molar refractivity (Wildman–Crippen MR) is 77.7 cm³/mol. The van der Waals surface area contributed by atoms with Gasteiger partial charge in [0.1, 0.15) is 0 Å². The molecule has 2 aromatic rings. The number of fused-ring (bicyclic) bond motifs is 1. The molecule has 1 saturated heterocycles. The van der Waals surface area contributed by atoms with Crippen molar-refractivity contribution in [3.05, 3.63) is 35.2 Å². The van der Waals surface area contributed by atoms with E-state index in [9.17, 15) is 9.90 Å². The molecule has 1 aromatic carbocycles. The zero-order chi connectivity index (χ0) is 13.3. The summed E-state index contributed by atoms with van der Waals surface area (Å²) in [6.07, 6.45) is 2.08. The molecule has 4 heteroatoms. The Hall–Kier alpha value is -1.39. The lowest BCUT2D eigenvalue weighted by molar-refractivity contribution is -0.150. The number of carboxylic acid groups (broad SMARTS) is 1. The first-order chi connectivity index (χ1) is 9.21. The van der Waals surface area contributed by atoms with Gasteiger partial charge in [-0.25, -0.2) is 0 Å². The van der Waals surface area contributed by atoms with Crippen molar-refractivity contribution in [1.29, 1.82) is 0 Å². The molecule has 0 radical (unpaired) electrons. The maximum absolute atomic E-state index is 11.7. The Kier molecular flexibility index (Phi) is 3.29. The van der Waals surface area contributed by atoms with Crippen LogP contribution in [0.5, 0.6) is 0 Å². The second kappa shape index (κ2) is 4.94. The van der Waals surface area contributed by atoms with Crippen molar-refractivity contribution >= 4 is 27.4 Å². The molecule has 1 fully saturated rings. The second-order valence-electron chi connectivity index (χ2n) is 5.27. The highest BCUT2D eigenvalue weighted by molar-refractivity contribution is 7.17. The van der Waals surface area contributed by atoms with Crippen LogP contribution in [-0.4, -0.2) is 24.2 Å². The lowest BCUT2D eigenvalue weighted by Crippen LogP contribution is -2.43. The molecule has 100 valence electrons. The summed E-state index contributed by atoms with van der Waals surface area (Å²) < 4.78 is 1.24. The van der Waals surface area contributed by atoms with Gasteiger partial charge >= 0.3 is 5.97 Å². The summed E-state index contributed by atoms with van der Waals surface area (Å²) in [7, 11) is 0. The first-order valence-corrected chi connectivity index (χ1v) is 7.48. The molecule has 0 atom stereocenters. The molecule has 3 nitrogen and oxygen atoms in total. The zero-order valence-corrected chi connectivity index (χ0v) is 11.5. The molecular formula is C15H17NO2S. The molecule has 1 aliphatic rings. The van der Waals surface area contributed by atoms with E-state index in [1.807, 2.05) is 12.1 Å². The third-order valence-electron chi connectivity index (χ3n) is 4.10. The van der Waals surface area contributed by atoms with Crippen LogP contribution in [0, 0.1) is 5.41 Å². The van der Waals surface area contributed by atoms with Gasteiger partial charge in [-0.3, -0.25) is 4.79 Å². The molecule has 0 bridgehead atoms. The number of rotatable bonds is 3. The topological polar surface area (TPSA) is 49.3 Å². The van der Waals surface area contributed by atoms with Crippen LogP contribution < -0.4 is 5.32 Å². The van der Waals surface area contributed by atoms with Crippen molar-refractivity contribution in [2.75, 3.05) is 13.1 Å². The number of piperidine rings is 1. The summed E-state index contributed by atoms with van der Waals surface area (Å²) in [4.78, 5) is 11.7. The maximum atomic E-state index is 11.7. The summed E-state index contributed by atoms with van der Waals surface area (Å²) in [5.74, 6) is -0.649. The third kappa shape index (κ3) is 2.26. The first-order valence-electron chi connectivity index (χ1n) is 6.60. The largest absolute Gasteiger partial charge is 0.481 e. The Balaban J connectivity index is 1.96. The van der Waals surface area contributed by atoms with Crippen LogP contribution in [0.1, 0.15) is 18.4 Å². The van der Waals surface area contributed by atoms with Gasteiger partial charge in [0.2, 0.25) is 0 Å². The van der Waals surface area contributed by atoms with E-state index in [-0.39, 0.29) is 0 Å². The molecule has 2 N–H and O–H groups in total. The smallest absolute Gasteiger partial charge is 0.310 e. The number of nitrogens with one attached hydrogen (secondary N) is 1. The predicted octanol–water partition coefficient (Wildman–Crippen LogP) is 2.90. The van der Waals surface area contributed by atoms with E-state index in [1.165, 1.54) is 15.6 Å². The molecule has 0 saturated carbocycles. The Labute approximate surface area is 116 Å². The minimum atomic E-state index is -0.649. The number of hydrogen-bond donors (Lipinski definition) is 2. The van der Waals surface area contributed by atoms with E-state index < -0.39 is 11.4 Å². The van der Waals surface area contributed by atoms with Crippen molar-refractivity contribution in [3.8, 4) is 0 Å². The molecule has 2 heterocycles. The number of thiophene rings is 1. The molecule has 0 unspecified atom stereocenters. The standard InChI is InChI=1S/C15H17NO2S/c17-14(18)15(5-7-16-8-6-15)9-11-10-19-13-4-2-1-3-12(11)13/h1-4,10,16H,5-9H2,(H,17,18). The van der Waals surface area contributed by atoms with Crippen LogP contribution >= 0.6 is 11.3 Å². The van der Waals surface area contributed by atoms with Gasteiger partial charge in [0.25, 0.3) is 0 Å². The highest BCUT2D eigenvalue weighted by atomic mass is 32.1. The van der Waals surface area contributed by atoms with Crippen LogP contribution in [0.2, 0.25) is 0 Å². The van der Waals surface area contributed by atoms with Crippen LogP contribution in [0.15, 0.2) is 29.6 Å². The Morgan fingerprint density at radius 2 is 2.05 bits per heavy atom. The van der Waals surface area contributed by atoms with Gasteiger partial charge in [0, 0.05) is 4.70 Å². The van der Waals surface area contributed by atoms with Gasteiger partial charge in [0.15, 0.2) is 0 Å². The fourth-order valence-corrected chi connectivity index (χ4v) is 3.87. The second-order valence-corrected chi connectivity index (χ2v) is 6.18. The van der Waals surface area contributed by atoms with Gasteiger partial charge < -0.3 is 10.4 Å². The number of aliphatic carboxylic acids is 1. The molecule has 0 aliphatic carbocycles. The van der Waals surface area contributed by atoms with E-state index in [0.717, 1.165) is 13.1 Å². The fraction of sp³-hybridized carbons (Fsp3) is 0.400. The molecule has 1 aromatic heterocycles. The molecule has 0 spiro atoms. The third-order valence-corrected chi connectivity index (χ3v) is 5.12. The van der Waals surface area contributed by atoms with Crippen LogP contribution in [-0.2, 0) is 11.2 Å². The summed E-state index contributed by atoms with van der Waals surface area (Å²) in [6.45, 7) is 1.60. The average molecular weight is 275 g/mol. The number of carbonyl (C=O) groups is 1. The number of benzene rings is 1. The van der Waals surface area contributed by atoms with Gasteiger partial charge in [-0.1, -0.05) is 18.2 Å². The van der Waals surface area contributed by atoms with E-state index >= 15 is 0 Å². The zero-order valence-electron chi connectivity index (χ0n) is 10.7. The summed E-state index contributed by atoms with van der Waals surface area (Å²) in [5, 5.41) is 16.2. The van der Waals surface area contributed by atoms with Crippen molar-refractivity contribution in [3.63, 3.8) is 0 Å². The lowest BCUT2D eigenvalue weighted by atomic mass is 9.74. The molecule has 0 amide bonds. The maximum Gasteiger partial charge on any atom is 0.310 e. The van der Waals surface area contributed by atoms with E-state index in [1.54, 1.807) is 11.3 Å². The Morgan fingerprint density at radius 1 is 1.32 bits per heavy atom. The molecular weight excluding hydrogens is 258 g/mol. The highest BCUT2D eigenvalue weighted by Crippen LogP contribution is 2.37. The normalized spacial score (nSPS) is 18.5. The van der Waals surface area contributed by atoms with Gasteiger partial charge in [-0.15, -0.1) is 11.3 Å². The lowest BCUT2D eigenvalue weighted by Gasteiger charge is -2.33. The minimum Gasteiger partial charge on any atom is -0.481 e. The summed E-state index contributed by atoms with van der Waals surface area (Å²) in [5.41, 5.74) is 0.597. The summed E-state index contributed by atoms with van der Waals surface area (Å²) in [6, 6.07) is 8.24. The quantitative estimate of drug-likeness (QED) is 0.905. The van der Waals surface area contributed by atoms with Crippen molar-refractivity contribution in [1.82, 2.24) is 5.32 Å². The average Bonchev–Trinajstić information content (AvgIpc) is 2.83. The monoisotopic (exact) mass is 275 g/mol. The van der Waals surface area contributed by atoms with Crippen LogP contribution in [0.3, 0.4) is 0 Å².